The third-order valence-corrected chi connectivity index (χ3v) is 3.51. The summed E-state index contributed by atoms with van der Waals surface area (Å²) in [5.74, 6) is 0.551. The van der Waals surface area contributed by atoms with Gasteiger partial charge in [0.25, 0.3) is 0 Å². The second-order valence-corrected chi connectivity index (χ2v) is 4.81. The SMILES string of the molecule is CCC(CC)Oc1cccc2c1B(O)OC2C[N+](=O)[O-]. The Hall–Kier alpha value is -1.60. The summed E-state index contributed by atoms with van der Waals surface area (Å²) in [4.78, 5) is 10.2. The molecule has 6 nitrogen and oxygen atoms in total. The number of nitro groups is 1. The largest absolute Gasteiger partial charge is 0.496 e. The molecule has 0 aliphatic carbocycles. The lowest BCUT2D eigenvalue weighted by atomic mass is 9.78. The first-order valence-corrected chi connectivity index (χ1v) is 6.81. The lowest BCUT2D eigenvalue weighted by molar-refractivity contribution is -0.490. The van der Waals surface area contributed by atoms with E-state index in [0.29, 0.717) is 16.8 Å². The topological polar surface area (TPSA) is 81.8 Å². The first-order valence-electron chi connectivity index (χ1n) is 6.81. The van der Waals surface area contributed by atoms with Gasteiger partial charge in [0, 0.05) is 10.4 Å². The molecule has 1 atom stereocenters. The maximum Gasteiger partial charge on any atom is 0.496 e. The van der Waals surface area contributed by atoms with E-state index in [0.717, 1.165) is 12.8 Å². The molecule has 108 valence electrons. The molecule has 0 aromatic heterocycles. The summed E-state index contributed by atoms with van der Waals surface area (Å²) in [7, 11) is -1.17. The van der Waals surface area contributed by atoms with Crippen molar-refractivity contribution >= 4 is 12.6 Å². The molecule has 0 bridgehead atoms. The van der Waals surface area contributed by atoms with Crippen LogP contribution in [0.25, 0.3) is 0 Å². The zero-order valence-corrected chi connectivity index (χ0v) is 11.6. The third-order valence-electron chi connectivity index (χ3n) is 3.51. The van der Waals surface area contributed by atoms with Gasteiger partial charge in [0.1, 0.15) is 11.9 Å². The molecule has 7 heteroatoms. The molecule has 0 amide bonds. The molecule has 1 unspecified atom stereocenters. The lowest BCUT2D eigenvalue weighted by Gasteiger charge is -2.18. The molecule has 1 aliphatic rings. The van der Waals surface area contributed by atoms with Crippen molar-refractivity contribution < 1.29 is 19.3 Å². The normalized spacial score (nSPS) is 17.4. The predicted molar refractivity (Wildman–Crippen MR) is 74.7 cm³/mol. The molecular formula is C13H18BNO5. The highest BCUT2D eigenvalue weighted by molar-refractivity contribution is 6.62. The van der Waals surface area contributed by atoms with Crippen LogP contribution in [0.2, 0.25) is 0 Å². The van der Waals surface area contributed by atoms with Crippen LogP contribution in [0.15, 0.2) is 18.2 Å². The number of nitrogens with zero attached hydrogens (tertiary/aromatic N) is 1. The van der Waals surface area contributed by atoms with Crippen molar-refractivity contribution in [1.82, 2.24) is 0 Å². The second-order valence-electron chi connectivity index (χ2n) is 4.81. The van der Waals surface area contributed by atoms with Crippen LogP contribution in [0.3, 0.4) is 0 Å². The number of benzene rings is 1. The summed E-state index contributed by atoms with van der Waals surface area (Å²) in [6, 6.07) is 5.27. The average molecular weight is 279 g/mol. The molecule has 1 N–H and O–H groups in total. The minimum atomic E-state index is -1.17. The van der Waals surface area contributed by atoms with E-state index in [9.17, 15) is 15.1 Å². The molecule has 2 rings (SSSR count). The van der Waals surface area contributed by atoms with Crippen LogP contribution in [0, 0.1) is 10.1 Å². The first kappa shape index (κ1) is 14.8. The zero-order chi connectivity index (χ0) is 14.7. The number of hydrogen-bond donors (Lipinski definition) is 1. The fourth-order valence-corrected chi connectivity index (χ4v) is 2.42. The van der Waals surface area contributed by atoms with Crippen LogP contribution in [0.4, 0.5) is 0 Å². The minimum Gasteiger partial charge on any atom is -0.491 e. The number of ether oxygens (including phenoxy) is 1. The summed E-state index contributed by atoms with van der Waals surface area (Å²) in [5.41, 5.74) is 1.16. The molecule has 1 heterocycles. The Morgan fingerprint density at radius 2 is 2.20 bits per heavy atom. The Labute approximate surface area is 118 Å². The maximum absolute atomic E-state index is 10.6. The van der Waals surface area contributed by atoms with Gasteiger partial charge in [-0.15, -0.1) is 0 Å². The monoisotopic (exact) mass is 279 g/mol. The van der Waals surface area contributed by atoms with Crippen molar-refractivity contribution in [2.75, 3.05) is 6.54 Å². The van der Waals surface area contributed by atoms with Gasteiger partial charge < -0.3 is 14.4 Å². The highest BCUT2D eigenvalue weighted by atomic mass is 16.6. The van der Waals surface area contributed by atoms with Crippen LogP contribution < -0.4 is 10.2 Å². The molecule has 20 heavy (non-hydrogen) atoms. The summed E-state index contributed by atoms with van der Waals surface area (Å²) in [6.07, 6.45) is 1.05. The molecular weight excluding hydrogens is 261 g/mol. The molecule has 1 aromatic carbocycles. The van der Waals surface area contributed by atoms with Gasteiger partial charge in [-0.3, -0.25) is 10.1 Å². The Morgan fingerprint density at radius 3 is 2.80 bits per heavy atom. The van der Waals surface area contributed by atoms with Crippen LogP contribution in [-0.4, -0.2) is 29.7 Å². The second kappa shape index (κ2) is 6.24. The fraction of sp³-hybridized carbons (Fsp3) is 0.538. The van der Waals surface area contributed by atoms with Gasteiger partial charge in [-0.05, 0) is 24.5 Å². The molecule has 1 aliphatic heterocycles. The number of hydrogen-bond acceptors (Lipinski definition) is 5. The summed E-state index contributed by atoms with van der Waals surface area (Å²) >= 11 is 0. The molecule has 0 fully saturated rings. The number of fused-ring (bicyclic) bond motifs is 1. The highest BCUT2D eigenvalue weighted by Crippen LogP contribution is 2.28. The molecule has 0 saturated carbocycles. The highest BCUT2D eigenvalue weighted by Gasteiger charge is 2.40. The van der Waals surface area contributed by atoms with E-state index in [1.54, 1.807) is 18.2 Å². The van der Waals surface area contributed by atoms with E-state index in [1.165, 1.54) is 0 Å². The zero-order valence-electron chi connectivity index (χ0n) is 11.6. The summed E-state index contributed by atoms with van der Waals surface area (Å²) in [6.45, 7) is 3.69. The van der Waals surface area contributed by atoms with Gasteiger partial charge in [-0.25, -0.2) is 0 Å². The fourth-order valence-electron chi connectivity index (χ4n) is 2.42. The standard InChI is InChI=1S/C13H18BNO5/c1-3-9(4-2)19-11-7-5-6-10-12(8-15(17)18)20-14(16)13(10)11/h5-7,9,12,16H,3-4,8H2,1-2H3. The van der Waals surface area contributed by atoms with E-state index in [1.807, 2.05) is 13.8 Å². The van der Waals surface area contributed by atoms with Crippen molar-refractivity contribution in [2.24, 2.45) is 0 Å². The quantitative estimate of drug-likeness (QED) is 0.482. The average Bonchev–Trinajstić information content (AvgIpc) is 2.73. The molecule has 0 saturated heterocycles. The number of rotatable bonds is 6. The minimum absolute atomic E-state index is 0.0586. The van der Waals surface area contributed by atoms with E-state index < -0.39 is 18.1 Å². The van der Waals surface area contributed by atoms with Gasteiger partial charge in [-0.2, -0.15) is 0 Å². The van der Waals surface area contributed by atoms with Gasteiger partial charge in [0.05, 0.1) is 6.10 Å². The van der Waals surface area contributed by atoms with Crippen LogP contribution >= 0.6 is 0 Å². The molecule has 0 spiro atoms. The van der Waals surface area contributed by atoms with Gasteiger partial charge >= 0.3 is 7.12 Å². The van der Waals surface area contributed by atoms with Gasteiger partial charge in [0.15, 0.2) is 0 Å². The van der Waals surface area contributed by atoms with Crippen molar-refractivity contribution in [3.63, 3.8) is 0 Å². The van der Waals surface area contributed by atoms with E-state index in [-0.39, 0.29) is 12.6 Å². The third kappa shape index (κ3) is 2.94. The molecule has 1 aromatic rings. The van der Waals surface area contributed by atoms with Crippen LogP contribution in [0.1, 0.15) is 38.4 Å². The lowest BCUT2D eigenvalue weighted by Crippen LogP contribution is -2.31. The molecule has 0 radical (unpaired) electrons. The smallest absolute Gasteiger partial charge is 0.491 e. The Morgan fingerprint density at radius 1 is 1.50 bits per heavy atom. The predicted octanol–water partition coefficient (Wildman–Crippen LogP) is 1.29. The van der Waals surface area contributed by atoms with E-state index >= 15 is 0 Å². The van der Waals surface area contributed by atoms with Crippen molar-refractivity contribution in [3.8, 4) is 5.75 Å². The van der Waals surface area contributed by atoms with Crippen molar-refractivity contribution in [2.45, 2.75) is 38.9 Å². The summed E-state index contributed by atoms with van der Waals surface area (Å²) < 4.78 is 11.1. The Bertz CT molecular complexity index is 492. The van der Waals surface area contributed by atoms with Gasteiger partial charge in [-0.1, -0.05) is 26.0 Å². The van der Waals surface area contributed by atoms with E-state index in [2.05, 4.69) is 0 Å². The van der Waals surface area contributed by atoms with Crippen LogP contribution in [0.5, 0.6) is 5.75 Å². The van der Waals surface area contributed by atoms with Crippen molar-refractivity contribution in [1.29, 1.82) is 0 Å². The summed E-state index contributed by atoms with van der Waals surface area (Å²) in [5, 5.41) is 20.6. The Kier molecular flexibility index (Phi) is 4.62. The van der Waals surface area contributed by atoms with Crippen LogP contribution in [-0.2, 0) is 4.65 Å². The van der Waals surface area contributed by atoms with E-state index in [4.69, 9.17) is 9.39 Å². The van der Waals surface area contributed by atoms with Crippen molar-refractivity contribution in [3.05, 3.63) is 33.9 Å². The maximum atomic E-state index is 10.6. The first-order chi connectivity index (χ1) is 9.56. The van der Waals surface area contributed by atoms with Gasteiger partial charge in [0.2, 0.25) is 6.54 Å². The Balaban J connectivity index is 2.29.